The molecule has 0 bridgehead atoms. The predicted molar refractivity (Wildman–Crippen MR) is 138 cm³/mol. The van der Waals surface area contributed by atoms with Crippen molar-refractivity contribution < 1.29 is 14.0 Å². The maximum absolute atomic E-state index is 13.7. The van der Waals surface area contributed by atoms with Crippen molar-refractivity contribution in [2.75, 3.05) is 37.6 Å². The molecule has 3 aromatic rings. The van der Waals surface area contributed by atoms with Crippen LogP contribution in [0.5, 0.6) is 0 Å². The Morgan fingerprint density at radius 1 is 1.00 bits per heavy atom. The van der Waals surface area contributed by atoms with Gasteiger partial charge >= 0.3 is 0 Å². The van der Waals surface area contributed by atoms with Gasteiger partial charge in [0.05, 0.1) is 5.69 Å². The lowest BCUT2D eigenvalue weighted by Gasteiger charge is -2.37. The van der Waals surface area contributed by atoms with Crippen LogP contribution >= 0.6 is 0 Å². The molecule has 4 rings (SSSR count). The van der Waals surface area contributed by atoms with E-state index in [2.05, 4.69) is 27.2 Å². The molecule has 1 aliphatic heterocycles. The predicted octanol–water partition coefficient (Wildman–Crippen LogP) is 4.18. The second kappa shape index (κ2) is 11.3. The lowest BCUT2D eigenvalue weighted by atomic mass is 10.1. The van der Waals surface area contributed by atoms with Gasteiger partial charge in [0, 0.05) is 43.3 Å². The molecular formula is C28H32FN5O2. The first kappa shape index (κ1) is 25.3. The van der Waals surface area contributed by atoms with Crippen molar-refractivity contribution in [3.8, 4) is 11.3 Å². The minimum absolute atomic E-state index is 0.0323. The van der Waals surface area contributed by atoms with Crippen LogP contribution in [0.15, 0.2) is 60.7 Å². The number of rotatable bonds is 7. The number of carbonyl (C=O) groups excluding carboxylic acids is 2. The minimum atomic E-state index is -0.470. The molecular weight excluding hydrogens is 457 g/mol. The van der Waals surface area contributed by atoms with E-state index in [-0.39, 0.29) is 30.0 Å². The summed E-state index contributed by atoms with van der Waals surface area (Å²) < 4.78 is 13.7. The Morgan fingerprint density at radius 3 is 2.33 bits per heavy atom. The fourth-order valence-electron chi connectivity index (χ4n) is 4.24. The van der Waals surface area contributed by atoms with E-state index in [9.17, 15) is 14.0 Å². The first-order valence-electron chi connectivity index (χ1n) is 12.4. The van der Waals surface area contributed by atoms with E-state index in [4.69, 9.17) is 0 Å². The Bertz CT molecular complexity index is 1190. The van der Waals surface area contributed by atoms with Gasteiger partial charge in [-0.1, -0.05) is 42.8 Å². The summed E-state index contributed by atoms with van der Waals surface area (Å²) in [5, 5.41) is 8.79. The highest BCUT2D eigenvalue weighted by Crippen LogP contribution is 2.20. The summed E-state index contributed by atoms with van der Waals surface area (Å²) in [6.07, 6.45) is 0.694. The van der Waals surface area contributed by atoms with Gasteiger partial charge in [-0.3, -0.25) is 9.59 Å². The topological polar surface area (TPSA) is 69.6 Å². The fourth-order valence-corrected chi connectivity index (χ4v) is 4.24. The molecule has 188 valence electrons. The van der Waals surface area contributed by atoms with E-state index in [1.807, 2.05) is 45.0 Å². The van der Waals surface area contributed by atoms with Crippen molar-refractivity contribution >= 4 is 17.6 Å². The van der Waals surface area contributed by atoms with Crippen molar-refractivity contribution in [1.82, 2.24) is 20.0 Å². The molecule has 1 aromatic heterocycles. The Balaban J connectivity index is 1.36. The van der Waals surface area contributed by atoms with Gasteiger partial charge < -0.3 is 14.7 Å². The molecule has 1 saturated heterocycles. The third kappa shape index (κ3) is 5.87. The number of amides is 2. The normalized spacial score (nSPS) is 14.4. The van der Waals surface area contributed by atoms with Crippen LogP contribution < -0.4 is 4.90 Å². The number of benzene rings is 2. The second-order valence-electron chi connectivity index (χ2n) is 9.21. The van der Waals surface area contributed by atoms with E-state index >= 15 is 0 Å². The van der Waals surface area contributed by atoms with Crippen molar-refractivity contribution in [1.29, 1.82) is 0 Å². The van der Waals surface area contributed by atoms with Crippen LogP contribution in [0.4, 0.5) is 10.2 Å². The van der Waals surface area contributed by atoms with E-state index in [1.54, 1.807) is 15.9 Å². The van der Waals surface area contributed by atoms with Gasteiger partial charge in [-0.05, 0) is 50.6 Å². The molecule has 36 heavy (non-hydrogen) atoms. The Labute approximate surface area is 211 Å². The van der Waals surface area contributed by atoms with Crippen LogP contribution in [0.25, 0.3) is 11.3 Å². The highest BCUT2D eigenvalue weighted by Gasteiger charge is 2.28. The Hall–Kier alpha value is -3.81. The number of nitrogens with zero attached hydrogens (tertiary/aromatic N) is 5. The van der Waals surface area contributed by atoms with Crippen molar-refractivity contribution in [2.24, 2.45) is 0 Å². The number of hydrogen-bond donors (Lipinski definition) is 0. The van der Waals surface area contributed by atoms with Gasteiger partial charge in [-0.2, -0.15) is 0 Å². The van der Waals surface area contributed by atoms with Gasteiger partial charge in [0.25, 0.3) is 5.91 Å². The maximum atomic E-state index is 13.7. The van der Waals surface area contributed by atoms with E-state index in [1.165, 1.54) is 23.8 Å². The van der Waals surface area contributed by atoms with Crippen LogP contribution in [0, 0.1) is 12.7 Å². The van der Waals surface area contributed by atoms with E-state index in [0.717, 1.165) is 17.1 Å². The lowest BCUT2D eigenvalue weighted by Crippen LogP contribution is -2.53. The molecule has 0 N–H and O–H groups in total. The Morgan fingerprint density at radius 2 is 1.72 bits per heavy atom. The average molecular weight is 490 g/mol. The molecule has 0 saturated carbocycles. The largest absolute Gasteiger partial charge is 0.352 e. The zero-order valence-electron chi connectivity index (χ0n) is 21.0. The summed E-state index contributed by atoms with van der Waals surface area (Å²) >= 11 is 0. The van der Waals surface area contributed by atoms with Crippen LogP contribution in [-0.2, 0) is 4.79 Å². The van der Waals surface area contributed by atoms with Crippen LogP contribution in [0.2, 0.25) is 0 Å². The first-order valence-corrected chi connectivity index (χ1v) is 12.4. The van der Waals surface area contributed by atoms with Crippen molar-refractivity contribution in [2.45, 2.75) is 33.2 Å². The van der Waals surface area contributed by atoms with Gasteiger partial charge in [0.15, 0.2) is 5.82 Å². The van der Waals surface area contributed by atoms with Gasteiger partial charge in [0.1, 0.15) is 12.4 Å². The molecule has 1 atom stereocenters. The van der Waals surface area contributed by atoms with E-state index in [0.29, 0.717) is 32.6 Å². The SMILES string of the molecule is CC[C@@H](C)N(CC(=O)N1CCN(c2ccc(-c3ccc(C)cc3)nn2)CC1)C(=O)c1cccc(F)c1. The van der Waals surface area contributed by atoms with Gasteiger partial charge in [-0.15, -0.1) is 10.2 Å². The number of aromatic nitrogens is 2. The van der Waals surface area contributed by atoms with Crippen molar-refractivity contribution in [3.05, 3.63) is 77.6 Å². The van der Waals surface area contributed by atoms with Crippen LogP contribution in [0.1, 0.15) is 36.2 Å². The molecule has 1 fully saturated rings. The molecule has 2 heterocycles. The summed E-state index contributed by atoms with van der Waals surface area (Å²) in [6.45, 7) is 8.21. The minimum Gasteiger partial charge on any atom is -0.352 e. The quantitative estimate of drug-likeness (QED) is 0.498. The number of piperazine rings is 1. The summed E-state index contributed by atoms with van der Waals surface area (Å²) in [5.74, 6) is -0.136. The summed E-state index contributed by atoms with van der Waals surface area (Å²) in [5.41, 5.74) is 3.29. The summed E-state index contributed by atoms with van der Waals surface area (Å²) in [4.78, 5) is 31.6. The average Bonchev–Trinajstić information content (AvgIpc) is 2.91. The molecule has 2 aromatic carbocycles. The molecule has 0 unspecified atom stereocenters. The molecule has 1 aliphatic rings. The third-order valence-corrected chi connectivity index (χ3v) is 6.72. The molecule has 2 amide bonds. The van der Waals surface area contributed by atoms with Crippen molar-refractivity contribution in [3.63, 3.8) is 0 Å². The molecule has 7 nitrogen and oxygen atoms in total. The van der Waals surface area contributed by atoms with E-state index < -0.39 is 5.82 Å². The van der Waals surface area contributed by atoms with Gasteiger partial charge in [-0.25, -0.2) is 4.39 Å². The standard InChI is InChI=1S/C28H32FN5O2/c1-4-21(3)34(28(36)23-6-5-7-24(29)18-23)19-27(35)33-16-14-32(15-17-33)26-13-12-25(30-31-26)22-10-8-20(2)9-11-22/h5-13,18,21H,4,14-17,19H2,1-3H3/t21-/m1/s1. The maximum Gasteiger partial charge on any atom is 0.254 e. The number of aryl methyl sites for hydroxylation is 1. The number of carbonyl (C=O) groups is 2. The highest BCUT2D eigenvalue weighted by atomic mass is 19.1. The smallest absolute Gasteiger partial charge is 0.254 e. The zero-order chi connectivity index (χ0) is 25.7. The molecule has 0 radical (unpaired) electrons. The lowest BCUT2D eigenvalue weighted by molar-refractivity contribution is -0.132. The number of halogens is 1. The Kier molecular flexibility index (Phi) is 7.93. The summed E-state index contributed by atoms with van der Waals surface area (Å²) in [6, 6.07) is 17.5. The number of hydrogen-bond acceptors (Lipinski definition) is 5. The first-order chi connectivity index (χ1) is 17.4. The molecule has 0 spiro atoms. The highest BCUT2D eigenvalue weighted by molar-refractivity contribution is 5.96. The summed E-state index contributed by atoms with van der Waals surface area (Å²) in [7, 11) is 0. The molecule has 8 heteroatoms. The monoisotopic (exact) mass is 489 g/mol. The second-order valence-corrected chi connectivity index (χ2v) is 9.21. The zero-order valence-corrected chi connectivity index (χ0v) is 21.0. The van der Waals surface area contributed by atoms with Crippen LogP contribution in [-0.4, -0.2) is 70.6 Å². The van der Waals surface area contributed by atoms with Gasteiger partial charge in [0.2, 0.25) is 5.91 Å². The fraction of sp³-hybridized carbons (Fsp3) is 0.357. The third-order valence-electron chi connectivity index (χ3n) is 6.72. The molecule has 0 aliphatic carbocycles. The van der Waals surface area contributed by atoms with Crippen LogP contribution in [0.3, 0.4) is 0 Å². The number of anilines is 1.